The minimum Gasteiger partial charge on any atom is -0.360 e. The number of anilines is 1. The molecule has 0 fully saturated rings. The molecule has 0 saturated heterocycles. The fourth-order valence-corrected chi connectivity index (χ4v) is 2.93. The third-order valence-electron chi connectivity index (χ3n) is 4.09. The lowest BCUT2D eigenvalue weighted by molar-refractivity contribution is 0.646. The highest BCUT2D eigenvalue weighted by atomic mass is 32.1. The second-order valence-corrected chi connectivity index (χ2v) is 6.38. The van der Waals surface area contributed by atoms with Gasteiger partial charge in [0.1, 0.15) is 0 Å². The molecule has 0 amide bonds. The predicted octanol–water partition coefficient (Wildman–Crippen LogP) is 4.17. The number of nitrogens with one attached hydrogen (secondary N) is 2. The summed E-state index contributed by atoms with van der Waals surface area (Å²) in [5.41, 5.74) is 2.15. The summed E-state index contributed by atoms with van der Waals surface area (Å²) in [7, 11) is 0. The molecule has 4 nitrogen and oxygen atoms in total. The normalized spacial score (nSPS) is 12.1. The molecule has 1 aromatic heterocycles. The second kappa shape index (κ2) is 7.45. The van der Waals surface area contributed by atoms with E-state index in [0.717, 1.165) is 18.7 Å². The lowest BCUT2D eigenvalue weighted by Gasteiger charge is -2.14. The third-order valence-corrected chi connectivity index (χ3v) is 4.31. The highest BCUT2D eigenvalue weighted by Crippen LogP contribution is 2.19. The van der Waals surface area contributed by atoms with Gasteiger partial charge in [0.15, 0.2) is 5.11 Å². The average molecular weight is 338 g/mol. The molecule has 1 unspecified atom stereocenters. The van der Waals surface area contributed by atoms with E-state index in [2.05, 4.69) is 72.0 Å². The van der Waals surface area contributed by atoms with Crippen molar-refractivity contribution in [1.82, 2.24) is 15.1 Å². The van der Waals surface area contributed by atoms with Crippen LogP contribution in [0.5, 0.6) is 0 Å². The van der Waals surface area contributed by atoms with E-state index in [1.165, 1.54) is 16.3 Å². The van der Waals surface area contributed by atoms with Gasteiger partial charge < -0.3 is 10.6 Å². The lowest BCUT2D eigenvalue weighted by Crippen LogP contribution is -2.35. The van der Waals surface area contributed by atoms with Crippen LogP contribution in [0.3, 0.4) is 0 Å². The summed E-state index contributed by atoms with van der Waals surface area (Å²) >= 11 is 5.32. The van der Waals surface area contributed by atoms with Crippen LogP contribution in [-0.2, 0) is 6.54 Å². The largest absolute Gasteiger partial charge is 0.360 e. The molecule has 1 heterocycles. The summed E-state index contributed by atoms with van der Waals surface area (Å²) in [6, 6.07) is 15.1. The smallest absolute Gasteiger partial charge is 0.171 e. The topological polar surface area (TPSA) is 41.9 Å². The van der Waals surface area contributed by atoms with Crippen molar-refractivity contribution in [1.29, 1.82) is 0 Å². The number of thiocarbonyl (C=S) groups is 1. The maximum Gasteiger partial charge on any atom is 0.171 e. The van der Waals surface area contributed by atoms with Gasteiger partial charge in [-0.3, -0.25) is 4.68 Å². The molecule has 1 atom stereocenters. The predicted molar refractivity (Wildman–Crippen MR) is 104 cm³/mol. The number of aromatic nitrogens is 2. The molecule has 0 aliphatic heterocycles. The zero-order valence-electron chi connectivity index (χ0n) is 14.0. The van der Waals surface area contributed by atoms with Crippen LogP contribution in [-0.4, -0.2) is 20.9 Å². The van der Waals surface area contributed by atoms with Gasteiger partial charge in [-0.1, -0.05) is 49.4 Å². The van der Waals surface area contributed by atoms with Crippen LogP contribution in [0, 0.1) is 0 Å². The first kappa shape index (κ1) is 16.5. The first-order valence-corrected chi connectivity index (χ1v) is 8.63. The molecular formula is C19H22N4S. The maximum absolute atomic E-state index is 5.32. The lowest BCUT2D eigenvalue weighted by atomic mass is 10.0. The number of benzene rings is 2. The highest BCUT2D eigenvalue weighted by Gasteiger charge is 2.06. The van der Waals surface area contributed by atoms with Crippen molar-refractivity contribution in [3.63, 3.8) is 0 Å². The molecule has 3 rings (SSSR count). The molecule has 24 heavy (non-hydrogen) atoms. The molecule has 124 valence electrons. The zero-order valence-corrected chi connectivity index (χ0v) is 14.8. The Morgan fingerprint density at radius 2 is 2.00 bits per heavy atom. The van der Waals surface area contributed by atoms with Crippen LogP contribution in [0.4, 0.5) is 5.69 Å². The Kier molecular flexibility index (Phi) is 5.11. The molecule has 0 saturated carbocycles. The number of hydrogen-bond acceptors (Lipinski definition) is 2. The molecule has 0 spiro atoms. The van der Waals surface area contributed by atoms with Crippen LogP contribution < -0.4 is 10.6 Å². The van der Waals surface area contributed by atoms with Gasteiger partial charge in [-0.15, -0.1) is 0 Å². The summed E-state index contributed by atoms with van der Waals surface area (Å²) in [5, 5.41) is 14.0. The molecule has 0 aliphatic rings. The van der Waals surface area contributed by atoms with E-state index < -0.39 is 0 Å². The van der Waals surface area contributed by atoms with Crippen molar-refractivity contribution in [2.75, 3.05) is 5.32 Å². The number of fused-ring (bicyclic) bond motifs is 1. The standard InChI is InChI=1S/C19H22N4S/c1-3-14(2)21-19(24)22-17-11-20-23(13-17)12-16-9-6-8-15-7-4-5-10-18(15)16/h4-11,13-14H,3,12H2,1-2H3,(H2,21,22,24). The van der Waals surface area contributed by atoms with Crippen molar-refractivity contribution >= 4 is 33.8 Å². The third kappa shape index (κ3) is 3.92. The van der Waals surface area contributed by atoms with Gasteiger partial charge in [0.25, 0.3) is 0 Å². The Balaban J connectivity index is 1.71. The van der Waals surface area contributed by atoms with Crippen LogP contribution in [0.25, 0.3) is 10.8 Å². The Bertz CT molecular complexity index is 835. The summed E-state index contributed by atoms with van der Waals surface area (Å²) < 4.78 is 1.93. The van der Waals surface area contributed by atoms with Gasteiger partial charge in [0, 0.05) is 12.2 Å². The number of nitrogens with zero attached hydrogens (tertiary/aromatic N) is 2. The minimum atomic E-state index is 0.357. The van der Waals surface area contributed by atoms with Crippen molar-refractivity contribution in [3.05, 3.63) is 60.4 Å². The first-order chi connectivity index (χ1) is 11.7. The van der Waals surface area contributed by atoms with Gasteiger partial charge in [-0.05, 0) is 41.9 Å². The van der Waals surface area contributed by atoms with E-state index >= 15 is 0 Å². The number of hydrogen-bond donors (Lipinski definition) is 2. The average Bonchev–Trinajstić information content (AvgIpc) is 3.02. The summed E-state index contributed by atoms with van der Waals surface area (Å²) in [6.07, 6.45) is 4.81. The van der Waals surface area contributed by atoms with Gasteiger partial charge >= 0.3 is 0 Å². The first-order valence-electron chi connectivity index (χ1n) is 8.22. The molecular weight excluding hydrogens is 316 g/mol. The fraction of sp³-hybridized carbons (Fsp3) is 0.263. The van der Waals surface area contributed by atoms with E-state index in [1.54, 1.807) is 6.20 Å². The Morgan fingerprint density at radius 3 is 2.83 bits per heavy atom. The quantitative estimate of drug-likeness (QED) is 0.685. The summed E-state index contributed by atoms with van der Waals surface area (Å²) in [4.78, 5) is 0. The summed E-state index contributed by atoms with van der Waals surface area (Å²) in [6.45, 7) is 4.97. The van der Waals surface area contributed by atoms with Gasteiger partial charge in [-0.25, -0.2) is 0 Å². The van der Waals surface area contributed by atoms with Crippen molar-refractivity contribution < 1.29 is 0 Å². The highest BCUT2D eigenvalue weighted by molar-refractivity contribution is 7.80. The van der Waals surface area contributed by atoms with Crippen molar-refractivity contribution in [2.24, 2.45) is 0 Å². The van der Waals surface area contributed by atoms with Gasteiger partial charge in [-0.2, -0.15) is 5.10 Å². The summed E-state index contributed by atoms with van der Waals surface area (Å²) in [5.74, 6) is 0. The molecule has 3 aromatic rings. The van der Waals surface area contributed by atoms with E-state index in [4.69, 9.17) is 12.2 Å². The molecule has 2 aromatic carbocycles. The minimum absolute atomic E-state index is 0.357. The maximum atomic E-state index is 5.32. The Hall–Kier alpha value is -2.40. The van der Waals surface area contributed by atoms with Crippen LogP contribution in [0.2, 0.25) is 0 Å². The van der Waals surface area contributed by atoms with Crippen LogP contribution in [0.1, 0.15) is 25.8 Å². The molecule has 0 bridgehead atoms. The van der Waals surface area contributed by atoms with E-state index in [-0.39, 0.29) is 0 Å². The van der Waals surface area contributed by atoms with Crippen molar-refractivity contribution in [2.45, 2.75) is 32.9 Å². The molecule has 2 N–H and O–H groups in total. The Labute approximate surface area is 147 Å². The Morgan fingerprint density at radius 1 is 1.21 bits per heavy atom. The SMILES string of the molecule is CCC(C)NC(=S)Nc1cnn(Cc2cccc3ccccc23)c1. The monoisotopic (exact) mass is 338 g/mol. The molecule has 5 heteroatoms. The van der Waals surface area contributed by atoms with E-state index in [0.29, 0.717) is 11.2 Å². The zero-order chi connectivity index (χ0) is 16.9. The van der Waals surface area contributed by atoms with E-state index in [9.17, 15) is 0 Å². The van der Waals surface area contributed by atoms with Crippen LogP contribution in [0.15, 0.2) is 54.9 Å². The molecule has 0 radical (unpaired) electrons. The van der Waals surface area contributed by atoms with Crippen LogP contribution >= 0.6 is 12.2 Å². The van der Waals surface area contributed by atoms with Crippen molar-refractivity contribution in [3.8, 4) is 0 Å². The molecule has 0 aliphatic carbocycles. The van der Waals surface area contributed by atoms with Gasteiger partial charge in [0.2, 0.25) is 0 Å². The second-order valence-electron chi connectivity index (χ2n) is 5.97. The van der Waals surface area contributed by atoms with Gasteiger partial charge in [0.05, 0.1) is 18.4 Å². The fourth-order valence-electron chi connectivity index (χ4n) is 2.61. The van der Waals surface area contributed by atoms with E-state index in [1.807, 2.05) is 10.9 Å². The number of rotatable bonds is 5.